The maximum atomic E-state index is 12.8. The fraction of sp³-hybridized carbons (Fsp3) is 0.946. The summed E-state index contributed by atoms with van der Waals surface area (Å²) in [6.07, 6.45) is 50.5. The van der Waals surface area contributed by atoms with E-state index in [-0.39, 0.29) is 38.2 Å². The molecule has 0 aromatic carbocycles. The van der Waals surface area contributed by atoms with Gasteiger partial charge in [-0.25, -0.2) is 4.79 Å². The molecule has 0 saturated heterocycles. The van der Waals surface area contributed by atoms with E-state index in [9.17, 15) is 19.5 Å². The van der Waals surface area contributed by atoms with Crippen molar-refractivity contribution >= 4 is 17.9 Å². The van der Waals surface area contributed by atoms with E-state index in [1.54, 1.807) is 0 Å². The molecule has 0 heterocycles. The number of aliphatic carboxylic acids is 1. The van der Waals surface area contributed by atoms with E-state index >= 15 is 0 Å². The van der Waals surface area contributed by atoms with Crippen LogP contribution < -0.4 is 0 Å². The highest BCUT2D eigenvalue weighted by Crippen LogP contribution is 2.18. The van der Waals surface area contributed by atoms with Crippen molar-refractivity contribution in [3.05, 3.63) is 0 Å². The van der Waals surface area contributed by atoms with Crippen molar-refractivity contribution in [2.75, 3.05) is 47.5 Å². The van der Waals surface area contributed by atoms with Gasteiger partial charge in [0.2, 0.25) is 0 Å². The van der Waals surface area contributed by atoms with Gasteiger partial charge in [-0.3, -0.25) is 9.59 Å². The number of rotatable bonds is 53. The number of esters is 2. The summed E-state index contributed by atoms with van der Waals surface area (Å²) < 4.78 is 22.8. The lowest BCUT2D eigenvalue weighted by Gasteiger charge is -2.25. The predicted molar refractivity (Wildman–Crippen MR) is 272 cm³/mol. The topological polar surface area (TPSA) is 108 Å². The molecule has 0 radical (unpaired) electrons. The first-order chi connectivity index (χ1) is 31.6. The zero-order valence-corrected chi connectivity index (χ0v) is 43.9. The van der Waals surface area contributed by atoms with E-state index in [2.05, 4.69) is 13.8 Å². The molecule has 65 heavy (non-hydrogen) atoms. The van der Waals surface area contributed by atoms with Crippen molar-refractivity contribution in [1.29, 1.82) is 0 Å². The highest BCUT2D eigenvalue weighted by atomic mass is 16.7. The Bertz CT molecular complexity index is 1030. The third kappa shape index (κ3) is 50.0. The first kappa shape index (κ1) is 63.3. The quantitative estimate of drug-likeness (QED) is 0.0278. The number of hydrogen-bond donors (Lipinski definition) is 1. The van der Waals surface area contributed by atoms with Crippen molar-refractivity contribution in [2.24, 2.45) is 0 Å². The molecule has 2 unspecified atom stereocenters. The minimum atomic E-state index is -1.50. The molecule has 0 aliphatic rings. The van der Waals surface area contributed by atoms with Crippen LogP contribution in [0.25, 0.3) is 0 Å². The summed E-state index contributed by atoms with van der Waals surface area (Å²) in [5, 5.41) is 9.66. The number of carbonyl (C=O) groups is 3. The van der Waals surface area contributed by atoms with Gasteiger partial charge in [-0.2, -0.15) is 0 Å². The second-order valence-electron chi connectivity index (χ2n) is 20.6. The molecular weight excluding hydrogens is 815 g/mol. The van der Waals surface area contributed by atoms with Gasteiger partial charge in [0.25, 0.3) is 6.29 Å². The molecular formula is C56H110NO8+. The van der Waals surface area contributed by atoms with Crippen molar-refractivity contribution in [1.82, 2.24) is 0 Å². The second kappa shape index (κ2) is 48.7. The minimum absolute atomic E-state index is 0.173. The van der Waals surface area contributed by atoms with Crippen molar-refractivity contribution in [2.45, 2.75) is 296 Å². The largest absolute Gasteiger partial charge is 0.477 e. The zero-order chi connectivity index (χ0) is 47.7. The maximum absolute atomic E-state index is 12.8. The molecule has 1 N–H and O–H groups in total. The number of quaternary nitrogens is 1. The molecule has 9 nitrogen and oxygen atoms in total. The maximum Gasteiger partial charge on any atom is 0.361 e. The van der Waals surface area contributed by atoms with Crippen LogP contribution >= 0.6 is 0 Å². The van der Waals surface area contributed by atoms with Gasteiger partial charge in [0.1, 0.15) is 13.2 Å². The standard InChI is InChI=1S/C56H109NO8/c1-6-8-10-12-14-16-18-19-20-21-22-23-24-25-26-27-28-29-30-31-32-33-34-35-37-39-41-43-45-47-54(59)65-52(51-64-56(55(60)61)62-49-48-57(3,4)5)50-63-53(58)46-44-42-40-38-36-17-15-13-11-9-7-2/h52,56H,6-51H2,1-5H3/p+1. The Morgan fingerprint density at radius 1 is 0.400 bits per heavy atom. The van der Waals surface area contributed by atoms with E-state index in [1.807, 2.05) is 21.1 Å². The molecule has 9 heteroatoms. The summed E-state index contributed by atoms with van der Waals surface area (Å²) >= 11 is 0. The smallest absolute Gasteiger partial charge is 0.361 e. The van der Waals surface area contributed by atoms with Gasteiger partial charge in [0, 0.05) is 12.8 Å². The van der Waals surface area contributed by atoms with Crippen LogP contribution in [0.5, 0.6) is 0 Å². The van der Waals surface area contributed by atoms with Crippen LogP contribution in [0.15, 0.2) is 0 Å². The van der Waals surface area contributed by atoms with E-state index in [0.717, 1.165) is 38.5 Å². The first-order valence-electron chi connectivity index (χ1n) is 28.2. The molecule has 0 aliphatic heterocycles. The SMILES string of the molecule is CCCCCCCCCCCCCCCCCCCCCCCCCCCCCCCC(=O)OC(COC(=O)CCCCCCCCCCCCC)COC(OCC[N+](C)(C)C)C(=O)O. The predicted octanol–water partition coefficient (Wildman–Crippen LogP) is 16.0. The highest BCUT2D eigenvalue weighted by Gasteiger charge is 2.25. The number of nitrogens with zero attached hydrogens (tertiary/aromatic N) is 1. The average molecular weight is 925 g/mol. The van der Waals surface area contributed by atoms with Gasteiger partial charge < -0.3 is 28.5 Å². The summed E-state index contributed by atoms with van der Waals surface area (Å²) in [6.45, 7) is 4.92. The molecule has 0 aliphatic carbocycles. The van der Waals surface area contributed by atoms with Crippen LogP contribution in [0.3, 0.4) is 0 Å². The molecule has 0 rings (SSSR count). The zero-order valence-electron chi connectivity index (χ0n) is 43.9. The molecule has 2 atom stereocenters. The normalized spacial score (nSPS) is 12.7. The van der Waals surface area contributed by atoms with Crippen molar-refractivity contribution < 1.29 is 42.9 Å². The lowest BCUT2D eigenvalue weighted by molar-refractivity contribution is -0.870. The molecule has 0 amide bonds. The third-order valence-corrected chi connectivity index (χ3v) is 12.9. The lowest BCUT2D eigenvalue weighted by Crippen LogP contribution is -2.40. The number of likely N-dealkylation sites (N-methyl/N-ethyl adjacent to an activating group) is 1. The summed E-state index contributed by atoms with van der Waals surface area (Å²) in [5.74, 6) is -1.98. The Morgan fingerprint density at radius 3 is 0.985 bits per heavy atom. The Hall–Kier alpha value is -1.71. The second-order valence-corrected chi connectivity index (χ2v) is 20.6. The highest BCUT2D eigenvalue weighted by molar-refractivity contribution is 5.71. The minimum Gasteiger partial charge on any atom is -0.477 e. The number of carbonyl (C=O) groups excluding carboxylic acids is 2. The van der Waals surface area contributed by atoms with Crippen molar-refractivity contribution in [3.8, 4) is 0 Å². The summed E-state index contributed by atoms with van der Waals surface area (Å²) in [6, 6.07) is 0. The van der Waals surface area contributed by atoms with E-state index < -0.39 is 18.4 Å². The molecule has 0 saturated carbocycles. The Balaban J connectivity index is 4.05. The molecule has 0 fully saturated rings. The molecule has 0 bridgehead atoms. The summed E-state index contributed by atoms with van der Waals surface area (Å²) in [4.78, 5) is 37.2. The van der Waals surface area contributed by atoms with Crippen LogP contribution in [0.1, 0.15) is 284 Å². The first-order valence-corrected chi connectivity index (χ1v) is 28.2. The van der Waals surface area contributed by atoms with E-state index in [4.69, 9.17) is 18.9 Å². The molecule has 0 spiro atoms. The fourth-order valence-electron chi connectivity index (χ4n) is 8.49. The third-order valence-electron chi connectivity index (χ3n) is 12.9. The van der Waals surface area contributed by atoms with E-state index in [0.29, 0.717) is 17.4 Å². The molecule has 386 valence electrons. The van der Waals surface area contributed by atoms with Crippen molar-refractivity contribution in [3.63, 3.8) is 0 Å². The Morgan fingerprint density at radius 2 is 0.692 bits per heavy atom. The van der Waals surface area contributed by atoms with E-state index in [1.165, 1.54) is 218 Å². The van der Waals surface area contributed by atoms with Gasteiger partial charge in [0.05, 0.1) is 34.4 Å². The number of hydrogen-bond acceptors (Lipinski definition) is 7. The summed E-state index contributed by atoms with van der Waals surface area (Å²) in [5.41, 5.74) is 0. The van der Waals surface area contributed by atoms with Gasteiger partial charge >= 0.3 is 17.9 Å². The average Bonchev–Trinajstić information content (AvgIpc) is 3.27. The van der Waals surface area contributed by atoms with Gasteiger partial charge in [-0.15, -0.1) is 0 Å². The van der Waals surface area contributed by atoms with Gasteiger partial charge in [0.15, 0.2) is 6.10 Å². The van der Waals surface area contributed by atoms with Crippen LogP contribution in [0.2, 0.25) is 0 Å². The number of ether oxygens (including phenoxy) is 4. The summed E-state index contributed by atoms with van der Waals surface area (Å²) in [7, 11) is 5.97. The Labute approximate surface area is 403 Å². The fourth-order valence-corrected chi connectivity index (χ4v) is 8.49. The number of carboxylic acids is 1. The molecule has 0 aromatic heterocycles. The van der Waals surface area contributed by atoms with Crippen LogP contribution in [-0.4, -0.2) is 87.4 Å². The molecule has 0 aromatic rings. The number of unbranched alkanes of at least 4 members (excludes halogenated alkanes) is 38. The van der Waals surface area contributed by atoms with Crippen LogP contribution in [0.4, 0.5) is 0 Å². The number of carboxylic acid groups (broad SMARTS) is 1. The van der Waals surface area contributed by atoms with Gasteiger partial charge in [-0.1, -0.05) is 258 Å². The Kier molecular flexibility index (Phi) is 47.5. The lowest BCUT2D eigenvalue weighted by atomic mass is 10.0. The monoisotopic (exact) mass is 925 g/mol. The van der Waals surface area contributed by atoms with Crippen LogP contribution in [-0.2, 0) is 33.3 Å². The van der Waals surface area contributed by atoms with Gasteiger partial charge in [-0.05, 0) is 12.8 Å². The van der Waals surface area contributed by atoms with Crippen LogP contribution in [0, 0.1) is 0 Å².